The van der Waals surface area contributed by atoms with Gasteiger partial charge in [0.1, 0.15) is 0 Å². The van der Waals surface area contributed by atoms with Gasteiger partial charge in [-0.3, -0.25) is 4.79 Å². The summed E-state index contributed by atoms with van der Waals surface area (Å²) in [4.78, 5) is 12.1. The summed E-state index contributed by atoms with van der Waals surface area (Å²) in [7, 11) is 0. The molecule has 0 aliphatic rings. The van der Waals surface area contributed by atoms with E-state index in [9.17, 15) is 4.79 Å². The highest BCUT2D eigenvalue weighted by Crippen LogP contribution is 2.28. The number of fused-ring (bicyclic) bond motifs is 1. The van der Waals surface area contributed by atoms with Crippen LogP contribution in [0.4, 0.5) is 5.69 Å². The van der Waals surface area contributed by atoms with Crippen molar-refractivity contribution in [1.82, 2.24) is 0 Å². The Morgan fingerprint density at radius 1 is 1.14 bits per heavy atom. The summed E-state index contributed by atoms with van der Waals surface area (Å²) in [6.45, 7) is 8.62. The fraction of sp³-hybridized carbons (Fsp3) is 0.389. The second kappa shape index (κ2) is 6.18. The predicted molar refractivity (Wildman–Crippen MR) is 93.5 cm³/mol. The Balaban J connectivity index is 2.09. The number of benzene rings is 2. The van der Waals surface area contributed by atoms with E-state index in [2.05, 4.69) is 55.0 Å². The Labute approximate surface area is 135 Å². The van der Waals surface area contributed by atoms with Gasteiger partial charge in [0.2, 0.25) is 5.91 Å². The van der Waals surface area contributed by atoms with Crippen LogP contribution >= 0.6 is 15.9 Å². The third-order valence-electron chi connectivity index (χ3n) is 4.06. The average molecular weight is 348 g/mol. The smallest absolute Gasteiger partial charge is 0.224 e. The van der Waals surface area contributed by atoms with Crippen LogP contribution in [-0.2, 0) is 4.79 Å². The van der Waals surface area contributed by atoms with Gasteiger partial charge in [-0.2, -0.15) is 0 Å². The number of halogens is 1. The molecule has 3 heteroatoms. The van der Waals surface area contributed by atoms with Gasteiger partial charge in [-0.1, -0.05) is 55.8 Å². The molecule has 0 radical (unpaired) electrons. The van der Waals surface area contributed by atoms with Gasteiger partial charge in [0, 0.05) is 16.6 Å². The summed E-state index contributed by atoms with van der Waals surface area (Å²) in [6.07, 6.45) is 0.544. The molecule has 1 unspecified atom stereocenters. The van der Waals surface area contributed by atoms with Crippen LogP contribution in [0.1, 0.15) is 34.1 Å². The van der Waals surface area contributed by atoms with E-state index in [0.717, 1.165) is 20.9 Å². The van der Waals surface area contributed by atoms with E-state index >= 15 is 0 Å². The Hall–Kier alpha value is -1.35. The molecule has 2 nitrogen and oxygen atoms in total. The molecule has 0 saturated heterocycles. The lowest BCUT2D eigenvalue weighted by Crippen LogP contribution is -2.23. The molecule has 2 aromatic rings. The molecular formula is C18H22BrNO. The fourth-order valence-electron chi connectivity index (χ4n) is 2.09. The third kappa shape index (κ3) is 4.31. The van der Waals surface area contributed by atoms with E-state index in [-0.39, 0.29) is 11.3 Å². The van der Waals surface area contributed by atoms with Crippen LogP contribution in [0.3, 0.4) is 0 Å². The van der Waals surface area contributed by atoms with Crippen LogP contribution in [0.25, 0.3) is 10.8 Å². The zero-order valence-electron chi connectivity index (χ0n) is 13.0. The number of amides is 1. The maximum Gasteiger partial charge on any atom is 0.224 e. The van der Waals surface area contributed by atoms with Gasteiger partial charge in [0.15, 0.2) is 0 Å². The average Bonchev–Trinajstić information content (AvgIpc) is 2.37. The number of hydrogen-bond donors (Lipinski definition) is 1. The molecule has 0 bridgehead atoms. The first-order chi connectivity index (χ1) is 9.75. The quantitative estimate of drug-likeness (QED) is 0.767. The number of carbonyl (C=O) groups is 1. The van der Waals surface area contributed by atoms with E-state index in [1.54, 1.807) is 0 Å². The third-order valence-corrected chi connectivity index (χ3v) is 4.55. The van der Waals surface area contributed by atoms with Crippen molar-refractivity contribution < 1.29 is 4.79 Å². The van der Waals surface area contributed by atoms with E-state index in [4.69, 9.17) is 0 Å². The van der Waals surface area contributed by atoms with Crippen molar-refractivity contribution in [3.8, 4) is 0 Å². The van der Waals surface area contributed by atoms with Crippen molar-refractivity contribution in [2.24, 2.45) is 11.3 Å². The standard InChI is InChI=1S/C18H22BrNO/c1-12(18(2,3)4)9-17(21)20-16-8-6-13-10-15(19)7-5-14(13)11-16/h5-8,10-12H,9H2,1-4H3,(H,20,21). The Morgan fingerprint density at radius 3 is 2.43 bits per heavy atom. The Kier molecular flexibility index (Phi) is 4.72. The molecule has 0 spiro atoms. The van der Waals surface area contributed by atoms with Gasteiger partial charge in [-0.05, 0) is 46.4 Å². The van der Waals surface area contributed by atoms with Gasteiger partial charge < -0.3 is 5.32 Å². The molecule has 1 N–H and O–H groups in total. The van der Waals surface area contributed by atoms with Crippen LogP contribution < -0.4 is 5.32 Å². The maximum atomic E-state index is 12.1. The highest BCUT2D eigenvalue weighted by atomic mass is 79.9. The molecule has 21 heavy (non-hydrogen) atoms. The molecule has 0 aliphatic carbocycles. The molecule has 2 rings (SSSR count). The van der Waals surface area contributed by atoms with Crippen molar-refractivity contribution in [3.63, 3.8) is 0 Å². The molecule has 1 atom stereocenters. The topological polar surface area (TPSA) is 29.1 Å². The summed E-state index contributed by atoms with van der Waals surface area (Å²) in [6, 6.07) is 12.1. The van der Waals surface area contributed by atoms with Crippen molar-refractivity contribution in [1.29, 1.82) is 0 Å². The SMILES string of the molecule is CC(CC(=O)Nc1ccc2cc(Br)ccc2c1)C(C)(C)C. The first-order valence-corrected chi connectivity index (χ1v) is 8.04. The van der Waals surface area contributed by atoms with E-state index in [1.165, 1.54) is 0 Å². The van der Waals surface area contributed by atoms with Gasteiger partial charge in [0.25, 0.3) is 0 Å². The van der Waals surface area contributed by atoms with Crippen LogP contribution in [-0.4, -0.2) is 5.91 Å². The molecule has 2 aromatic carbocycles. The largest absolute Gasteiger partial charge is 0.326 e. The summed E-state index contributed by atoms with van der Waals surface area (Å²) >= 11 is 3.47. The highest BCUT2D eigenvalue weighted by Gasteiger charge is 2.22. The van der Waals surface area contributed by atoms with Crippen LogP contribution in [0.2, 0.25) is 0 Å². The molecule has 0 heterocycles. The van der Waals surface area contributed by atoms with Crippen LogP contribution in [0, 0.1) is 11.3 Å². The van der Waals surface area contributed by atoms with Crippen LogP contribution in [0.5, 0.6) is 0 Å². The second-order valence-electron chi connectivity index (χ2n) is 6.73. The predicted octanol–water partition coefficient (Wildman–Crippen LogP) is 5.61. The Morgan fingerprint density at radius 2 is 1.76 bits per heavy atom. The lowest BCUT2D eigenvalue weighted by molar-refractivity contribution is -0.117. The zero-order chi connectivity index (χ0) is 15.6. The van der Waals surface area contributed by atoms with Crippen molar-refractivity contribution in [2.45, 2.75) is 34.1 Å². The lowest BCUT2D eigenvalue weighted by atomic mass is 9.80. The molecule has 0 aliphatic heterocycles. The zero-order valence-corrected chi connectivity index (χ0v) is 14.6. The van der Waals surface area contributed by atoms with Gasteiger partial charge in [-0.25, -0.2) is 0 Å². The maximum absolute atomic E-state index is 12.1. The summed E-state index contributed by atoms with van der Waals surface area (Å²) < 4.78 is 1.06. The summed E-state index contributed by atoms with van der Waals surface area (Å²) in [5.74, 6) is 0.419. The number of carbonyl (C=O) groups excluding carboxylic acids is 1. The molecular weight excluding hydrogens is 326 g/mol. The first-order valence-electron chi connectivity index (χ1n) is 7.25. The monoisotopic (exact) mass is 347 g/mol. The van der Waals surface area contributed by atoms with Crippen molar-refractivity contribution in [3.05, 3.63) is 40.9 Å². The molecule has 0 aromatic heterocycles. The van der Waals surface area contributed by atoms with Gasteiger partial charge in [-0.15, -0.1) is 0 Å². The minimum Gasteiger partial charge on any atom is -0.326 e. The minimum absolute atomic E-state index is 0.0777. The minimum atomic E-state index is 0.0777. The molecule has 112 valence electrons. The molecule has 0 saturated carbocycles. The number of rotatable bonds is 3. The van der Waals surface area contributed by atoms with E-state index < -0.39 is 0 Å². The number of nitrogens with one attached hydrogen (secondary N) is 1. The van der Waals surface area contributed by atoms with E-state index in [0.29, 0.717) is 12.3 Å². The number of hydrogen-bond acceptors (Lipinski definition) is 1. The highest BCUT2D eigenvalue weighted by molar-refractivity contribution is 9.10. The van der Waals surface area contributed by atoms with Crippen LogP contribution in [0.15, 0.2) is 40.9 Å². The summed E-state index contributed by atoms with van der Waals surface area (Å²) in [5, 5.41) is 5.28. The van der Waals surface area contributed by atoms with Gasteiger partial charge in [0.05, 0.1) is 0 Å². The van der Waals surface area contributed by atoms with E-state index in [1.807, 2.05) is 30.3 Å². The van der Waals surface area contributed by atoms with Crippen molar-refractivity contribution >= 4 is 38.3 Å². The number of anilines is 1. The Bertz CT molecular complexity index is 658. The second-order valence-corrected chi connectivity index (χ2v) is 7.64. The molecule has 1 amide bonds. The summed E-state index contributed by atoms with van der Waals surface area (Å²) in [5.41, 5.74) is 1.00. The lowest BCUT2D eigenvalue weighted by Gasteiger charge is -2.26. The van der Waals surface area contributed by atoms with Gasteiger partial charge >= 0.3 is 0 Å². The normalized spacial score (nSPS) is 13.2. The fourth-order valence-corrected chi connectivity index (χ4v) is 2.47. The first kappa shape index (κ1) is 16.0. The molecule has 0 fully saturated rings. The van der Waals surface area contributed by atoms with Crippen molar-refractivity contribution in [2.75, 3.05) is 5.32 Å².